The van der Waals surface area contributed by atoms with Gasteiger partial charge in [-0.25, -0.2) is 9.97 Å². The van der Waals surface area contributed by atoms with Crippen LogP contribution in [-0.2, 0) is 11.8 Å². The van der Waals surface area contributed by atoms with Gasteiger partial charge in [-0.05, 0) is 13.0 Å². The Kier molecular flexibility index (Phi) is 3.61. The van der Waals surface area contributed by atoms with Gasteiger partial charge >= 0.3 is 5.97 Å². The van der Waals surface area contributed by atoms with Gasteiger partial charge in [0.25, 0.3) is 0 Å². The Hall–Kier alpha value is -1.89. The first-order valence-corrected chi connectivity index (χ1v) is 6.23. The first-order valence-electron chi connectivity index (χ1n) is 5.24. The largest absolute Gasteiger partial charge is 0.481 e. The van der Waals surface area contributed by atoms with Gasteiger partial charge in [-0.15, -0.1) is 0 Å². The van der Waals surface area contributed by atoms with Gasteiger partial charge in [-0.1, -0.05) is 11.8 Å². The second kappa shape index (κ2) is 5.18. The van der Waals surface area contributed by atoms with E-state index in [-0.39, 0.29) is 5.75 Å². The molecule has 0 aromatic carbocycles. The smallest absolute Gasteiger partial charge is 0.313 e. The maximum atomic E-state index is 10.5. The Labute approximate surface area is 108 Å². The lowest BCUT2D eigenvalue weighted by molar-refractivity contribution is -0.133. The number of aromatic nitrogens is 4. The lowest BCUT2D eigenvalue weighted by Crippen LogP contribution is -1.99. The molecule has 2 heterocycles. The van der Waals surface area contributed by atoms with E-state index in [2.05, 4.69) is 15.1 Å². The summed E-state index contributed by atoms with van der Waals surface area (Å²) in [4.78, 5) is 18.9. The SMILES string of the molecule is Cc1c(-c2ccnc(SCC(=O)O)n2)cnn1C. The normalized spacial score (nSPS) is 10.6. The topological polar surface area (TPSA) is 80.9 Å². The monoisotopic (exact) mass is 264 g/mol. The molecule has 2 aromatic heterocycles. The second-order valence-corrected chi connectivity index (χ2v) is 4.62. The van der Waals surface area contributed by atoms with Crippen LogP contribution in [0.25, 0.3) is 11.3 Å². The molecule has 0 atom stereocenters. The molecule has 1 N–H and O–H groups in total. The van der Waals surface area contributed by atoms with Crippen LogP contribution in [0.1, 0.15) is 5.69 Å². The fourth-order valence-corrected chi connectivity index (χ4v) is 1.99. The van der Waals surface area contributed by atoms with Crippen LogP contribution in [0.15, 0.2) is 23.6 Å². The number of aryl methyl sites for hydroxylation is 1. The highest BCUT2D eigenvalue weighted by atomic mass is 32.2. The minimum atomic E-state index is -0.883. The minimum Gasteiger partial charge on any atom is -0.481 e. The number of nitrogens with zero attached hydrogens (tertiary/aromatic N) is 4. The van der Waals surface area contributed by atoms with Crippen LogP contribution >= 0.6 is 11.8 Å². The molecule has 2 rings (SSSR count). The van der Waals surface area contributed by atoms with Crippen LogP contribution < -0.4 is 0 Å². The molecular weight excluding hydrogens is 252 g/mol. The molecule has 6 nitrogen and oxygen atoms in total. The predicted octanol–water partition coefficient (Wildman–Crippen LogP) is 1.36. The quantitative estimate of drug-likeness (QED) is 0.663. The third-order valence-electron chi connectivity index (χ3n) is 2.47. The molecule has 0 fully saturated rings. The standard InChI is InChI=1S/C11H12N4O2S/c1-7-8(5-13-15(7)2)9-3-4-12-11(14-9)18-6-10(16)17/h3-5H,6H2,1-2H3,(H,16,17). The lowest BCUT2D eigenvalue weighted by Gasteiger charge is -2.02. The van der Waals surface area contributed by atoms with E-state index in [0.29, 0.717) is 5.16 Å². The number of carboxylic acids is 1. The fourth-order valence-electron chi connectivity index (χ4n) is 1.44. The van der Waals surface area contributed by atoms with Crippen LogP contribution in [0.4, 0.5) is 0 Å². The summed E-state index contributed by atoms with van der Waals surface area (Å²) in [6.45, 7) is 1.95. The highest BCUT2D eigenvalue weighted by Gasteiger charge is 2.09. The zero-order valence-corrected chi connectivity index (χ0v) is 10.8. The zero-order valence-electron chi connectivity index (χ0n) is 9.99. The molecule has 0 amide bonds. The molecule has 0 aliphatic carbocycles. The van der Waals surface area contributed by atoms with Gasteiger partial charge in [0, 0.05) is 24.5 Å². The molecular formula is C11H12N4O2S. The molecule has 0 bridgehead atoms. The van der Waals surface area contributed by atoms with Crippen molar-refractivity contribution in [3.8, 4) is 11.3 Å². The Bertz CT molecular complexity index is 582. The average molecular weight is 264 g/mol. The van der Waals surface area contributed by atoms with Crippen molar-refractivity contribution in [1.29, 1.82) is 0 Å². The predicted molar refractivity (Wildman–Crippen MR) is 67.3 cm³/mol. The van der Waals surface area contributed by atoms with Gasteiger partial charge in [0.05, 0.1) is 17.6 Å². The number of hydrogen-bond acceptors (Lipinski definition) is 5. The molecule has 0 aliphatic heterocycles. The van der Waals surface area contributed by atoms with E-state index < -0.39 is 5.97 Å². The van der Waals surface area contributed by atoms with Crippen molar-refractivity contribution < 1.29 is 9.90 Å². The van der Waals surface area contributed by atoms with Gasteiger partial charge in [0.2, 0.25) is 0 Å². The lowest BCUT2D eigenvalue weighted by atomic mass is 10.2. The molecule has 7 heteroatoms. The second-order valence-electron chi connectivity index (χ2n) is 3.67. The van der Waals surface area contributed by atoms with Gasteiger partial charge in [0.15, 0.2) is 5.16 Å². The highest BCUT2D eigenvalue weighted by molar-refractivity contribution is 7.99. The number of hydrogen-bond donors (Lipinski definition) is 1. The van der Waals surface area contributed by atoms with E-state index >= 15 is 0 Å². The maximum Gasteiger partial charge on any atom is 0.313 e. The number of aliphatic carboxylic acids is 1. The zero-order chi connectivity index (χ0) is 13.1. The Balaban J connectivity index is 2.27. The summed E-state index contributed by atoms with van der Waals surface area (Å²) in [7, 11) is 1.86. The molecule has 94 valence electrons. The summed E-state index contributed by atoms with van der Waals surface area (Å²) in [6, 6.07) is 1.79. The van der Waals surface area contributed by atoms with Crippen LogP contribution in [0.5, 0.6) is 0 Å². The van der Waals surface area contributed by atoms with Crippen molar-refractivity contribution in [3.63, 3.8) is 0 Å². The van der Waals surface area contributed by atoms with Crippen molar-refractivity contribution in [1.82, 2.24) is 19.7 Å². The molecule has 2 aromatic rings. The third-order valence-corrected chi connectivity index (χ3v) is 3.32. The van der Waals surface area contributed by atoms with Crippen LogP contribution in [0.2, 0.25) is 0 Å². The van der Waals surface area contributed by atoms with Crippen molar-refractivity contribution in [2.75, 3.05) is 5.75 Å². The van der Waals surface area contributed by atoms with Crippen molar-refractivity contribution in [3.05, 3.63) is 24.2 Å². The first kappa shape index (κ1) is 12.6. The van der Waals surface area contributed by atoms with Gasteiger partial charge < -0.3 is 5.11 Å². The highest BCUT2D eigenvalue weighted by Crippen LogP contribution is 2.22. The van der Waals surface area contributed by atoms with Crippen molar-refractivity contribution >= 4 is 17.7 Å². The summed E-state index contributed by atoms with van der Waals surface area (Å²) >= 11 is 1.10. The maximum absolute atomic E-state index is 10.5. The minimum absolute atomic E-state index is 0.0462. The Morgan fingerprint density at radius 2 is 2.33 bits per heavy atom. The van der Waals surface area contributed by atoms with E-state index in [4.69, 9.17) is 5.11 Å². The summed E-state index contributed by atoms with van der Waals surface area (Å²) < 4.78 is 1.77. The number of carboxylic acid groups (broad SMARTS) is 1. The number of rotatable bonds is 4. The Morgan fingerprint density at radius 3 is 2.94 bits per heavy atom. The van der Waals surface area contributed by atoms with E-state index in [0.717, 1.165) is 28.7 Å². The van der Waals surface area contributed by atoms with Crippen molar-refractivity contribution in [2.45, 2.75) is 12.1 Å². The van der Waals surface area contributed by atoms with Crippen LogP contribution in [0, 0.1) is 6.92 Å². The van der Waals surface area contributed by atoms with Crippen LogP contribution in [-0.4, -0.2) is 36.6 Å². The van der Waals surface area contributed by atoms with E-state index in [1.54, 1.807) is 23.1 Å². The fraction of sp³-hybridized carbons (Fsp3) is 0.273. The van der Waals surface area contributed by atoms with Gasteiger partial charge in [-0.2, -0.15) is 5.10 Å². The van der Waals surface area contributed by atoms with E-state index in [1.807, 2.05) is 14.0 Å². The third kappa shape index (κ3) is 2.67. The Morgan fingerprint density at radius 1 is 1.56 bits per heavy atom. The van der Waals surface area contributed by atoms with Gasteiger partial charge in [-0.3, -0.25) is 9.48 Å². The summed E-state index contributed by atoms with van der Waals surface area (Å²) in [6.07, 6.45) is 3.36. The molecule has 0 aliphatic rings. The molecule has 0 saturated carbocycles. The van der Waals surface area contributed by atoms with Crippen molar-refractivity contribution in [2.24, 2.45) is 7.05 Å². The average Bonchev–Trinajstić information content (AvgIpc) is 2.68. The summed E-state index contributed by atoms with van der Waals surface area (Å²) in [5.74, 6) is -0.929. The number of carbonyl (C=O) groups is 1. The van der Waals surface area contributed by atoms with Crippen LogP contribution in [0.3, 0.4) is 0 Å². The van der Waals surface area contributed by atoms with Gasteiger partial charge in [0.1, 0.15) is 0 Å². The first-order chi connectivity index (χ1) is 8.58. The molecule has 0 spiro atoms. The number of thioether (sulfide) groups is 1. The molecule has 0 saturated heterocycles. The summed E-state index contributed by atoms with van der Waals surface area (Å²) in [5, 5.41) is 13.2. The summed E-state index contributed by atoms with van der Waals surface area (Å²) in [5.41, 5.74) is 2.68. The molecule has 0 radical (unpaired) electrons. The van der Waals surface area contributed by atoms with E-state index in [9.17, 15) is 4.79 Å². The molecule has 18 heavy (non-hydrogen) atoms. The van der Waals surface area contributed by atoms with E-state index in [1.165, 1.54) is 0 Å². The molecule has 0 unspecified atom stereocenters.